The summed E-state index contributed by atoms with van der Waals surface area (Å²) < 4.78 is 17.0. The summed E-state index contributed by atoms with van der Waals surface area (Å²) in [4.78, 5) is 6.17. The Kier molecular flexibility index (Phi) is 5.09. The second-order valence-corrected chi connectivity index (χ2v) is 9.12. The van der Waals surface area contributed by atoms with Gasteiger partial charge in [0.1, 0.15) is 0 Å². The van der Waals surface area contributed by atoms with Crippen LogP contribution in [0.4, 0.5) is 0 Å². The van der Waals surface area contributed by atoms with Crippen molar-refractivity contribution in [2.75, 3.05) is 33.1 Å². The average molecular weight is 419 g/mol. The lowest BCUT2D eigenvalue weighted by Gasteiger charge is -2.40. The van der Waals surface area contributed by atoms with Crippen molar-refractivity contribution in [3.63, 3.8) is 0 Å². The van der Waals surface area contributed by atoms with E-state index < -0.39 is 0 Å². The molecule has 1 fully saturated rings. The number of nitrogens with zero attached hydrogens (tertiary/aromatic N) is 1. The topological polar surface area (TPSA) is 46.7 Å². The van der Waals surface area contributed by atoms with Crippen molar-refractivity contribution in [3.8, 4) is 11.5 Å². The number of ether oxygens (including phenoxy) is 3. The molecule has 1 atom stereocenters. The maximum atomic E-state index is 5.74. The summed E-state index contributed by atoms with van der Waals surface area (Å²) in [5.41, 5.74) is 5.50. The zero-order chi connectivity index (χ0) is 20.6. The van der Waals surface area contributed by atoms with E-state index >= 15 is 0 Å². The number of rotatable bonds is 5. The monoisotopic (exact) mass is 418 g/mol. The second kappa shape index (κ2) is 8.21. The van der Waals surface area contributed by atoms with Crippen molar-refractivity contribution >= 4 is 10.9 Å². The van der Waals surface area contributed by atoms with Crippen molar-refractivity contribution in [2.24, 2.45) is 5.92 Å². The molecule has 162 valence electrons. The number of aromatic amines is 1. The lowest BCUT2D eigenvalue weighted by Crippen LogP contribution is -2.40. The first kappa shape index (κ1) is 19.2. The van der Waals surface area contributed by atoms with Crippen LogP contribution in [-0.4, -0.2) is 43.0 Å². The molecule has 1 unspecified atom stereocenters. The molecule has 1 saturated heterocycles. The van der Waals surface area contributed by atoms with Crippen molar-refractivity contribution < 1.29 is 14.2 Å². The highest BCUT2D eigenvalue weighted by atomic mass is 16.7. The van der Waals surface area contributed by atoms with Crippen LogP contribution < -0.4 is 9.47 Å². The minimum Gasteiger partial charge on any atom is -0.454 e. The highest BCUT2D eigenvalue weighted by Gasteiger charge is 2.32. The van der Waals surface area contributed by atoms with Gasteiger partial charge in [-0.15, -0.1) is 0 Å². The average Bonchev–Trinajstić information content (AvgIpc) is 3.44. The van der Waals surface area contributed by atoms with E-state index in [2.05, 4.69) is 52.5 Å². The Labute approximate surface area is 183 Å². The lowest BCUT2D eigenvalue weighted by atomic mass is 9.87. The summed E-state index contributed by atoms with van der Waals surface area (Å²) in [6, 6.07) is 13.5. The van der Waals surface area contributed by atoms with Crippen LogP contribution in [0.1, 0.15) is 42.0 Å². The van der Waals surface area contributed by atoms with Gasteiger partial charge < -0.3 is 19.2 Å². The number of aromatic nitrogens is 1. The van der Waals surface area contributed by atoms with Gasteiger partial charge in [0.25, 0.3) is 0 Å². The molecular weight excluding hydrogens is 388 g/mol. The molecule has 3 aliphatic heterocycles. The van der Waals surface area contributed by atoms with Crippen LogP contribution in [0, 0.1) is 5.92 Å². The number of hydrogen-bond donors (Lipinski definition) is 1. The minimum absolute atomic E-state index is 0.337. The van der Waals surface area contributed by atoms with Crippen LogP contribution in [0.5, 0.6) is 11.5 Å². The molecule has 0 spiro atoms. The molecule has 4 heterocycles. The summed E-state index contributed by atoms with van der Waals surface area (Å²) in [5.74, 6) is 2.55. The summed E-state index contributed by atoms with van der Waals surface area (Å²) in [7, 11) is 0. The highest BCUT2D eigenvalue weighted by molar-refractivity contribution is 5.83. The Balaban J connectivity index is 1.29. The standard InChI is InChI=1S/C26H30N2O3/c1-2-4-23-21(3-1)20(15-27-23)5-6-24-22-14-26-25(30-17-31-26)13-19(22)7-10-28(24)16-18-8-11-29-12-9-18/h1-4,13-15,18,24,27H,5-12,16-17H2. The molecule has 0 saturated carbocycles. The van der Waals surface area contributed by atoms with E-state index in [1.807, 2.05) is 0 Å². The predicted molar refractivity (Wildman–Crippen MR) is 121 cm³/mol. The summed E-state index contributed by atoms with van der Waals surface area (Å²) in [6.45, 7) is 4.43. The minimum atomic E-state index is 0.337. The number of nitrogens with one attached hydrogen (secondary N) is 1. The first-order chi connectivity index (χ1) is 15.3. The Morgan fingerprint density at radius 1 is 1.03 bits per heavy atom. The van der Waals surface area contributed by atoms with Gasteiger partial charge in [0, 0.05) is 49.4 Å². The third kappa shape index (κ3) is 3.70. The molecule has 0 amide bonds. The van der Waals surface area contributed by atoms with Crippen molar-refractivity contribution in [3.05, 3.63) is 59.3 Å². The van der Waals surface area contributed by atoms with Crippen LogP contribution in [0.3, 0.4) is 0 Å². The van der Waals surface area contributed by atoms with Crippen molar-refractivity contribution in [1.82, 2.24) is 9.88 Å². The fraction of sp³-hybridized carbons (Fsp3) is 0.462. The smallest absolute Gasteiger partial charge is 0.231 e. The molecule has 0 bridgehead atoms. The molecule has 5 nitrogen and oxygen atoms in total. The van der Waals surface area contributed by atoms with Crippen LogP contribution in [0.25, 0.3) is 10.9 Å². The Morgan fingerprint density at radius 2 is 1.87 bits per heavy atom. The Bertz CT molecular complexity index is 1070. The van der Waals surface area contributed by atoms with Crippen LogP contribution in [0.2, 0.25) is 0 Å². The van der Waals surface area contributed by atoms with E-state index in [0.717, 1.165) is 63.0 Å². The van der Waals surface area contributed by atoms with Gasteiger partial charge in [-0.1, -0.05) is 18.2 Å². The Morgan fingerprint density at radius 3 is 2.77 bits per heavy atom. The SMILES string of the molecule is c1ccc2c(CCC3c4cc5c(cc4CCN3CC3CCOCC3)OCO5)c[nH]c2c1. The molecule has 0 aliphatic carbocycles. The number of para-hydroxylation sites is 1. The number of benzene rings is 2. The van der Waals surface area contributed by atoms with Gasteiger partial charge in [-0.3, -0.25) is 4.90 Å². The quantitative estimate of drug-likeness (QED) is 0.643. The lowest BCUT2D eigenvalue weighted by molar-refractivity contribution is 0.0423. The van der Waals surface area contributed by atoms with Crippen LogP contribution >= 0.6 is 0 Å². The third-order valence-corrected chi connectivity index (χ3v) is 7.30. The molecular formula is C26H30N2O3. The van der Waals surface area contributed by atoms with Gasteiger partial charge in [-0.05, 0) is 72.9 Å². The largest absolute Gasteiger partial charge is 0.454 e. The third-order valence-electron chi connectivity index (χ3n) is 7.30. The molecule has 3 aliphatic rings. The van der Waals surface area contributed by atoms with Gasteiger partial charge in [0.15, 0.2) is 11.5 Å². The number of hydrogen-bond acceptors (Lipinski definition) is 4. The van der Waals surface area contributed by atoms with Crippen LogP contribution in [0.15, 0.2) is 42.6 Å². The zero-order valence-electron chi connectivity index (χ0n) is 17.9. The van der Waals surface area contributed by atoms with Crippen molar-refractivity contribution in [1.29, 1.82) is 0 Å². The van der Waals surface area contributed by atoms with E-state index in [1.54, 1.807) is 0 Å². The predicted octanol–water partition coefficient (Wildman–Crippen LogP) is 4.86. The maximum Gasteiger partial charge on any atom is 0.231 e. The van der Waals surface area contributed by atoms with Crippen LogP contribution in [-0.2, 0) is 17.6 Å². The molecule has 31 heavy (non-hydrogen) atoms. The molecule has 5 heteroatoms. The first-order valence-corrected chi connectivity index (χ1v) is 11.6. The highest BCUT2D eigenvalue weighted by Crippen LogP contribution is 2.42. The van der Waals surface area contributed by atoms with E-state index in [0.29, 0.717) is 12.8 Å². The molecule has 1 aromatic heterocycles. The number of H-pyrrole nitrogens is 1. The molecule has 1 N–H and O–H groups in total. The van der Waals surface area contributed by atoms with Gasteiger partial charge >= 0.3 is 0 Å². The molecule has 0 radical (unpaired) electrons. The van der Waals surface area contributed by atoms with Gasteiger partial charge in [0.2, 0.25) is 6.79 Å². The maximum absolute atomic E-state index is 5.74. The fourth-order valence-electron chi connectivity index (χ4n) is 5.59. The Hall–Kier alpha value is -2.50. The fourth-order valence-corrected chi connectivity index (χ4v) is 5.59. The molecule has 2 aromatic carbocycles. The second-order valence-electron chi connectivity index (χ2n) is 9.12. The van der Waals surface area contributed by atoms with Gasteiger partial charge in [-0.25, -0.2) is 0 Å². The number of fused-ring (bicyclic) bond motifs is 3. The summed E-state index contributed by atoms with van der Waals surface area (Å²) in [6.07, 6.45) is 7.81. The molecule has 6 rings (SSSR count). The normalized spacial score (nSPS) is 21.5. The van der Waals surface area contributed by atoms with E-state index in [9.17, 15) is 0 Å². The molecule has 3 aromatic rings. The van der Waals surface area contributed by atoms with E-state index in [-0.39, 0.29) is 0 Å². The summed E-state index contributed by atoms with van der Waals surface area (Å²) >= 11 is 0. The van der Waals surface area contributed by atoms with Gasteiger partial charge in [-0.2, -0.15) is 0 Å². The number of aryl methyl sites for hydroxylation is 1. The zero-order valence-corrected chi connectivity index (χ0v) is 17.9. The summed E-state index contributed by atoms with van der Waals surface area (Å²) in [5, 5.41) is 1.35. The van der Waals surface area contributed by atoms with Crippen molar-refractivity contribution in [2.45, 2.75) is 38.1 Å². The first-order valence-electron chi connectivity index (χ1n) is 11.6. The van der Waals surface area contributed by atoms with E-state index in [1.165, 1.54) is 40.4 Å². The van der Waals surface area contributed by atoms with Gasteiger partial charge in [0.05, 0.1) is 0 Å². The van der Waals surface area contributed by atoms with E-state index in [4.69, 9.17) is 14.2 Å².